The van der Waals surface area contributed by atoms with Gasteiger partial charge in [0.2, 0.25) is 0 Å². The molecule has 0 saturated heterocycles. The maximum atomic E-state index is 13.2. The predicted octanol–water partition coefficient (Wildman–Crippen LogP) is 2.54. The fourth-order valence-corrected chi connectivity index (χ4v) is 1.90. The molecule has 1 heterocycles. The SMILES string of the molecule is Cc1cc(F)cc2c(CCCO)c[nH]c12. The number of hydrogen-bond acceptors (Lipinski definition) is 1. The smallest absolute Gasteiger partial charge is 0.124 e. The van der Waals surface area contributed by atoms with Crippen molar-refractivity contribution in [3.05, 3.63) is 35.3 Å². The first-order valence-corrected chi connectivity index (χ1v) is 5.09. The fourth-order valence-electron chi connectivity index (χ4n) is 1.90. The van der Waals surface area contributed by atoms with Crippen LogP contribution in [0.1, 0.15) is 17.5 Å². The van der Waals surface area contributed by atoms with E-state index in [0.717, 1.165) is 28.5 Å². The van der Waals surface area contributed by atoms with Gasteiger partial charge in [-0.3, -0.25) is 0 Å². The van der Waals surface area contributed by atoms with Crippen molar-refractivity contribution in [2.45, 2.75) is 19.8 Å². The highest BCUT2D eigenvalue weighted by molar-refractivity contribution is 5.86. The summed E-state index contributed by atoms with van der Waals surface area (Å²) in [6, 6.07) is 3.07. The summed E-state index contributed by atoms with van der Waals surface area (Å²) in [5.41, 5.74) is 2.98. The number of aliphatic hydroxyl groups is 1. The Labute approximate surface area is 87.7 Å². The molecule has 80 valence electrons. The lowest BCUT2D eigenvalue weighted by Crippen LogP contribution is -1.88. The highest BCUT2D eigenvalue weighted by atomic mass is 19.1. The van der Waals surface area contributed by atoms with Crippen molar-refractivity contribution in [1.82, 2.24) is 4.98 Å². The van der Waals surface area contributed by atoms with Gasteiger partial charge in [-0.05, 0) is 43.0 Å². The van der Waals surface area contributed by atoms with E-state index in [2.05, 4.69) is 4.98 Å². The third-order valence-corrected chi connectivity index (χ3v) is 2.64. The molecule has 0 radical (unpaired) electrons. The normalized spacial score (nSPS) is 11.1. The Bertz CT molecular complexity index is 476. The molecular weight excluding hydrogens is 193 g/mol. The van der Waals surface area contributed by atoms with Crippen LogP contribution in [-0.2, 0) is 6.42 Å². The Morgan fingerprint density at radius 1 is 1.40 bits per heavy atom. The average molecular weight is 207 g/mol. The Hall–Kier alpha value is -1.35. The van der Waals surface area contributed by atoms with Crippen LogP contribution in [0.5, 0.6) is 0 Å². The van der Waals surface area contributed by atoms with Crippen molar-refractivity contribution in [2.75, 3.05) is 6.61 Å². The number of nitrogens with one attached hydrogen (secondary N) is 1. The summed E-state index contributed by atoms with van der Waals surface area (Å²) in [6.07, 6.45) is 3.38. The van der Waals surface area contributed by atoms with Crippen LogP contribution in [0.25, 0.3) is 10.9 Å². The Morgan fingerprint density at radius 3 is 2.93 bits per heavy atom. The van der Waals surface area contributed by atoms with E-state index in [1.807, 2.05) is 13.1 Å². The first kappa shape index (κ1) is 10.2. The van der Waals surface area contributed by atoms with Crippen molar-refractivity contribution >= 4 is 10.9 Å². The van der Waals surface area contributed by atoms with Crippen molar-refractivity contribution in [3.8, 4) is 0 Å². The maximum Gasteiger partial charge on any atom is 0.124 e. The van der Waals surface area contributed by atoms with Gasteiger partial charge >= 0.3 is 0 Å². The zero-order valence-electron chi connectivity index (χ0n) is 8.68. The Morgan fingerprint density at radius 2 is 2.20 bits per heavy atom. The van der Waals surface area contributed by atoms with Crippen molar-refractivity contribution < 1.29 is 9.50 Å². The summed E-state index contributed by atoms with van der Waals surface area (Å²) in [5, 5.41) is 9.69. The van der Waals surface area contributed by atoms with Crippen LogP contribution in [0.15, 0.2) is 18.3 Å². The van der Waals surface area contributed by atoms with Crippen LogP contribution in [0, 0.1) is 12.7 Å². The van der Waals surface area contributed by atoms with E-state index in [0.29, 0.717) is 6.42 Å². The van der Waals surface area contributed by atoms with E-state index in [-0.39, 0.29) is 12.4 Å². The van der Waals surface area contributed by atoms with Crippen LogP contribution >= 0.6 is 0 Å². The van der Waals surface area contributed by atoms with Crippen LogP contribution in [-0.4, -0.2) is 16.7 Å². The van der Waals surface area contributed by atoms with Gasteiger partial charge in [0.25, 0.3) is 0 Å². The van der Waals surface area contributed by atoms with E-state index >= 15 is 0 Å². The number of aryl methyl sites for hydroxylation is 2. The van der Waals surface area contributed by atoms with Gasteiger partial charge in [-0.25, -0.2) is 4.39 Å². The number of aromatic nitrogens is 1. The lowest BCUT2D eigenvalue weighted by atomic mass is 10.1. The van der Waals surface area contributed by atoms with Crippen molar-refractivity contribution in [3.63, 3.8) is 0 Å². The first-order valence-electron chi connectivity index (χ1n) is 5.09. The predicted molar refractivity (Wildman–Crippen MR) is 58.4 cm³/mol. The van der Waals surface area contributed by atoms with E-state index < -0.39 is 0 Å². The molecule has 2 rings (SSSR count). The molecule has 0 saturated carbocycles. The monoisotopic (exact) mass is 207 g/mol. The Kier molecular flexibility index (Phi) is 2.73. The van der Waals surface area contributed by atoms with Gasteiger partial charge in [0.15, 0.2) is 0 Å². The van der Waals surface area contributed by atoms with Gasteiger partial charge in [0.05, 0.1) is 0 Å². The van der Waals surface area contributed by atoms with Crippen LogP contribution in [0.3, 0.4) is 0 Å². The maximum absolute atomic E-state index is 13.2. The number of fused-ring (bicyclic) bond motifs is 1. The van der Waals surface area contributed by atoms with E-state index in [1.165, 1.54) is 6.07 Å². The van der Waals surface area contributed by atoms with Crippen molar-refractivity contribution in [1.29, 1.82) is 0 Å². The number of aliphatic hydroxyl groups excluding tert-OH is 1. The molecule has 0 spiro atoms. The molecular formula is C12H14FNO. The second-order valence-electron chi connectivity index (χ2n) is 3.79. The van der Waals surface area contributed by atoms with Gasteiger partial charge in [-0.15, -0.1) is 0 Å². The Balaban J connectivity index is 2.49. The standard InChI is InChI=1S/C12H14FNO/c1-8-5-10(13)6-11-9(3-2-4-15)7-14-12(8)11/h5-7,14-15H,2-4H2,1H3. The molecule has 2 N–H and O–H groups in total. The van der Waals surface area contributed by atoms with E-state index in [9.17, 15) is 4.39 Å². The lowest BCUT2D eigenvalue weighted by Gasteiger charge is -1.99. The zero-order valence-corrected chi connectivity index (χ0v) is 8.68. The largest absolute Gasteiger partial charge is 0.396 e. The van der Waals surface area contributed by atoms with Gasteiger partial charge in [-0.1, -0.05) is 0 Å². The summed E-state index contributed by atoms with van der Waals surface area (Å²) >= 11 is 0. The summed E-state index contributed by atoms with van der Waals surface area (Å²) in [5.74, 6) is -0.204. The zero-order chi connectivity index (χ0) is 10.8. The quantitative estimate of drug-likeness (QED) is 0.797. The fraction of sp³-hybridized carbons (Fsp3) is 0.333. The second kappa shape index (κ2) is 4.03. The minimum absolute atomic E-state index is 0.168. The molecule has 2 nitrogen and oxygen atoms in total. The van der Waals surface area contributed by atoms with Gasteiger partial charge in [-0.2, -0.15) is 0 Å². The van der Waals surface area contributed by atoms with E-state index in [4.69, 9.17) is 5.11 Å². The summed E-state index contributed by atoms with van der Waals surface area (Å²) < 4.78 is 13.2. The lowest BCUT2D eigenvalue weighted by molar-refractivity contribution is 0.289. The molecule has 0 aliphatic carbocycles. The molecule has 3 heteroatoms. The number of halogens is 1. The molecule has 1 aromatic heterocycles. The average Bonchev–Trinajstić information content (AvgIpc) is 2.58. The summed E-state index contributed by atoms with van der Waals surface area (Å²) in [7, 11) is 0. The van der Waals surface area contributed by atoms with Gasteiger partial charge < -0.3 is 10.1 Å². The number of hydrogen-bond donors (Lipinski definition) is 2. The van der Waals surface area contributed by atoms with Gasteiger partial charge in [0, 0.05) is 23.7 Å². The molecule has 2 aromatic rings. The molecule has 0 amide bonds. The number of rotatable bonds is 3. The molecule has 1 aromatic carbocycles. The highest BCUT2D eigenvalue weighted by Crippen LogP contribution is 2.23. The number of H-pyrrole nitrogens is 1. The minimum atomic E-state index is -0.204. The molecule has 0 unspecified atom stereocenters. The summed E-state index contributed by atoms with van der Waals surface area (Å²) in [6.45, 7) is 2.05. The van der Waals surface area contributed by atoms with Crippen molar-refractivity contribution in [2.24, 2.45) is 0 Å². The first-order chi connectivity index (χ1) is 7.22. The third-order valence-electron chi connectivity index (χ3n) is 2.64. The molecule has 0 bridgehead atoms. The van der Waals surface area contributed by atoms with Gasteiger partial charge in [0.1, 0.15) is 5.82 Å². The minimum Gasteiger partial charge on any atom is -0.396 e. The summed E-state index contributed by atoms with van der Waals surface area (Å²) in [4.78, 5) is 3.14. The topological polar surface area (TPSA) is 36.0 Å². The molecule has 0 fully saturated rings. The molecule has 0 aliphatic rings. The number of benzene rings is 1. The van der Waals surface area contributed by atoms with Crippen LogP contribution < -0.4 is 0 Å². The molecule has 0 aliphatic heterocycles. The van der Waals surface area contributed by atoms with Crippen LogP contribution in [0.4, 0.5) is 4.39 Å². The molecule has 15 heavy (non-hydrogen) atoms. The van der Waals surface area contributed by atoms with Crippen LogP contribution in [0.2, 0.25) is 0 Å². The second-order valence-corrected chi connectivity index (χ2v) is 3.79. The third kappa shape index (κ3) is 1.88. The highest BCUT2D eigenvalue weighted by Gasteiger charge is 2.07. The molecule has 0 atom stereocenters. The van der Waals surface area contributed by atoms with E-state index in [1.54, 1.807) is 6.07 Å². The number of aromatic amines is 1.